The maximum absolute atomic E-state index is 12.2. The second-order valence-corrected chi connectivity index (χ2v) is 8.47. The molecule has 0 saturated heterocycles. The SMILES string of the molecule is N#CC1(NC(=O)c2ccc(NS(=O)(=O)c3cccs3)cc2)CCC1. The number of hydrogen-bond acceptors (Lipinski definition) is 5. The van der Waals surface area contributed by atoms with Crippen LogP contribution in [-0.2, 0) is 10.0 Å². The van der Waals surface area contributed by atoms with Gasteiger partial charge in [0, 0.05) is 11.3 Å². The van der Waals surface area contributed by atoms with Crippen LogP contribution in [0.1, 0.15) is 29.6 Å². The molecule has 0 atom stereocenters. The van der Waals surface area contributed by atoms with E-state index in [4.69, 9.17) is 5.26 Å². The lowest BCUT2D eigenvalue weighted by Crippen LogP contribution is -2.52. The monoisotopic (exact) mass is 361 g/mol. The molecule has 1 heterocycles. The minimum Gasteiger partial charge on any atom is -0.334 e. The summed E-state index contributed by atoms with van der Waals surface area (Å²) in [5.41, 5.74) is 0.00505. The zero-order chi connectivity index (χ0) is 17.2. The topological polar surface area (TPSA) is 99.1 Å². The average molecular weight is 361 g/mol. The van der Waals surface area contributed by atoms with Gasteiger partial charge in [-0.05, 0) is 55.0 Å². The summed E-state index contributed by atoms with van der Waals surface area (Å²) < 4.78 is 27.0. The number of carbonyl (C=O) groups is 1. The average Bonchev–Trinajstić information content (AvgIpc) is 3.06. The fraction of sp³-hybridized carbons (Fsp3) is 0.250. The number of amides is 1. The van der Waals surface area contributed by atoms with Gasteiger partial charge in [0.05, 0.1) is 6.07 Å². The lowest BCUT2D eigenvalue weighted by atomic mass is 9.78. The number of carbonyl (C=O) groups excluding carboxylic acids is 1. The van der Waals surface area contributed by atoms with Crippen molar-refractivity contribution in [3.63, 3.8) is 0 Å². The number of nitriles is 1. The standard InChI is InChI=1S/C16H15N3O3S2/c17-11-16(8-2-9-16)18-15(20)12-4-6-13(7-5-12)19-24(21,22)14-3-1-10-23-14/h1,3-7,10,19H,2,8-9H2,(H,18,20). The first kappa shape index (κ1) is 16.5. The van der Waals surface area contributed by atoms with E-state index in [1.165, 1.54) is 30.3 Å². The molecule has 3 rings (SSSR count). The van der Waals surface area contributed by atoms with Crippen LogP contribution in [0.25, 0.3) is 0 Å². The number of benzene rings is 1. The summed E-state index contributed by atoms with van der Waals surface area (Å²) in [5.74, 6) is -0.330. The second kappa shape index (κ2) is 6.26. The van der Waals surface area contributed by atoms with Crippen molar-refractivity contribution in [2.75, 3.05) is 4.72 Å². The first-order valence-electron chi connectivity index (χ1n) is 7.34. The number of rotatable bonds is 5. The van der Waals surface area contributed by atoms with E-state index in [1.54, 1.807) is 11.4 Å². The van der Waals surface area contributed by atoms with E-state index in [-0.39, 0.29) is 10.1 Å². The van der Waals surface area contributed by atoms with Crippen molar-refractivity contribution < 1.29 is 13.2 Å². The Morgan fingerprint density at radius 1 is 1.21 bits per heavy atom. The lowest BCUT2D eigenvalue weighted by molar-refractivity contribution is 0.0881. The molecule has 1 aliphatic rings. The van der Waals surface area contributed by atoms with Gasteiger partial charge in [-0.3, -0.25) is 9.52 Å². The molecule has 2 N–H and O–H groups in total. The quantitative estimate of drug-likeness (QED) is 0.855. The van der Waals surface area contributed by atoms with Crippen LogP contribution >= 0.6 is 11.3 Å². The molecule has 0 unspecified atom stereocenters. The molecule has 0 bridgehead atoms. The highest BCUT2D eigenvalue weighted by Crippen LogP contribution is 2.31. The minimum atomic E-state index is -3.61. The van der Waals surface area contributed by atoms with Gasteiger partial charge in [0.2, 0.25) is 0 Å². The molecule has 0 spiro atoms. The van der Waals surface area contributed by atoms with Gasteiger partial charge in [0.25, 0.3) is 15.9 Å². The second-order valence-electron chi connectivity index (χ2n) is 5.62. The highest BCUT2D eigenvalue weighted by Gasteiger charge is 2.38. The summed E-state index contributed by atoms with van der Waals surface area (Å²) in [7, 11) is -3.61. The summed E-state index contributed by atoms with van der Waals surface area (Å²) in [6, 6.07) is 11.5. The van der Waals surface area contributed by atoms with Crippen molar-refractivity contribution in [3.8, 4) is 6.07 Å². The molecular weight excluding hydrogens is 346 g/mol. The Morgan fingerprint density at radius 2 is 1.92 bits per heavy atom. The number of nitrogens with zero attached hydrogens (tertiary/aromatic N) is 1. The summed E-state index contributed by atoms with van der Waals surface area (Å²) in [6.45, 7) is 0. The molecule has 124 valence electrons. The summed E-state index contributed by atoms with van der Waals surface area (Å²) in [4.78, 5) is 12.2. The number of hydrogen-bond donors (Lipinski definition) is 2. The maximum Gasteiger partial charge on any atom is 0.271 e. The number of nitrogens with one attached hydrogen (secondary N) is 2. The van der Waals surface area contributed by atoms with E-state index in [1.807, 2.05) is 0 Å². The van der Waals surface area contributed by atoms with E-state index in [0.717, 1.165) is 17.8 Å². The van der Waals surface area contributed by atoms with Crippen LogP contribution in [-0.4, -0.2) is 19.9 Å². The molecule has 24 heavy (non-hydrogen) atoms. The third-order valence-corrected chi connectivity index (χ3v) is 6.71. The molecule has 1 aromatic carbocycles. The first-order chi connectivity index (χ1) is 11.4. The van der Waals surface area contributed by atoms with Gasteiger partial charge in [-0.1, -0.05) is 6.07 Å². The van der Waals surface area contributed by atoms with Crippen LogP contribution in [0, 0.1) is 11.3 Å². The van der Waals surface area contributed by atoms with Crippen LogP contribution in [0.3, 0.4) is 0 Å². The Hall–Kier alpha value is -2.37. The highest BCUT2D eigenvalue weighted by molar-refractivity contribution is 7.94. The molecule has 1 saturated carbocycles. The largest absolute Gasteiger partial charge is 0.334 e. The molecule has 1 fully saturated rings. The molecule has 6 nitrogen and oxygen atoms in total. The van der Waals surface area contributed by atoms with Crippen molar-refractivity contribution in [3.05, 3.63) is 47.3 Å². The van der Waals surface area contributed by atoms with Crippen LogP contribution < -0.4 is 10.0 Å². The highest BCUT2D eigenvalue weighted by atomic mass is 32.2. The van der Waals surface area contributed by atoms with Crippen molar-refractivity contribution >= 4 is 33.0 Å². The summed E-state index contributed by atoms with van der Waals surface area (Å²) in [5, 5.41) is 13.6. The van der Waals surface area contributed by atoms with E-state index in [2.05, 4.69) is 16.1 Å². The van der Waals surface area contributed by atoms with Gasteiger partial charge in [-0.15, -0.1) is 11.3 Å². The van der Waals surface area contributed by atoms with Crippen molar-refractivity contribution in [2.24, 2.45) is 0 Å². The molecule has 8 heteroatoms. The molecule has 1 aromatic heterocycles. The molecule has 0 aliphatic heterocycles. The Bertz CT molecular complexity index is 878. The van der Waals surface area contributed by atoms with Gasteiger partial charge >= 0.3 is 0 Å². The zero-order valence-electron chi connectivity index (χ0n) is 12.7. The molecule has 0 radical (unpaired) electrons. The van der Waals surface area contributed by atoms with Crippen molar-refractivity contribution in [2.45, 2.75) is 29.0 Å². The Labute approximate surface area is 144 Å². The van der Waals surface area contributed by atoms with Crippen LogP contribution in [0.5, 0.6) is 0 Å². The van der Waals surface area contributed by atoms with Crippen molar-refractivity contribution in [1.29, 1.82) is 5.26 Å². The summed E-state index contributed by atoms with van der Waals surface area (Å²) >= 11 is 1.13. The molecule has 1 amide bonds. The smallest absolute Gasteiger partial charge is 0.271 e. The van der Waals surface area contributed by atoms with Crippen LogP contribution in [0.15, 0.2) is 46.0 Å². The van der Waals surface area contributed by atoms with Crippen LogP contribution in [0.2, 0.25) is 0 Å². The fourth-order valence-electron chi connectivity index (χ4n) is 2.40. The Balaban J connectivity index is 1.70. The van der Waals surface area contributed by atoms with E-state index in [9.17, 15) is 13.2 Å². The molecular formula is C16H15N3O3S2. The normalized spacial score (nSPS) is 15.8. The lowest BCUT2D eigenvalue weighted by Gasteiger charge is -2.35. The van der Waals surface area contributed by atoms with Gasteiger partial charge in [-0.25, -0.2) is 8.42 Å². The molecule has 2 aromatic rings. The Morgan fingerprint density at radius 3 is 2.42 bits per heavy atom. The Kier molecular flexibility index (Phi) is 4.30. The van der Waals surface area contributed by atoms with Crippen molar-refractivity contribution in [1.82, 2.24) is 5.32 Å². The minimum absolute atomic E-state index is 0.227. The first-order valence-corrected chi connectivity index (χ1v) is 9.71. The van der Waals surface area contributed by atoms with Gasteiger partial charge < -0.3 is 5.32 Å². The van der Waals surface area contributed by atoms with E-state index < -0.39 is 15.6 Å². The van der Waals surface area contributed by atoms with E-state index in [0.29, 0.717) is 24.1 Å². The number of sulfonamides is 1. The number of anilines is 1. The number of thiophene rings is 1. The third-order valence-electron chi connectivity index (χ3n) is 3.93. The van der Waals surface area contributed by atoms with Gasteiger partial charge in [-0.2, -0.15) is 5.26 Å². The predicted octanol–water partition coefficient (Wildman–Crippen LogP) is 2.72. The third kappa shape index (κ3) is 3.27. The van der Waals surface area contributed by atoms with Crippen LogP contribution in [0.4, 0.5) is 5.69 Å². The fourth-order valence-corrected chi connectivity index (χ4v) is 4.45. The summed E-state index contributed by atoms with van der Waals surface area (Å²) in [6.07, 6.45) is 2.25. The van der Waals surface area contributed by atoms with E-state index >= 15 is 0 Å². The maximum atomic E-state index is 12.2. The van der Waals surface area contributed by atoms with Gasteiger partial charge in [0.15, 0.2) is 0 Å². The zero-order valence-corrected chi connectivity index (χ0v) is 14.3. The molecule has 1 aliphatic carbocycles. The van der Waals surface area contributed by atoms with Gasteiger partial charge in [0.1, 0.15) is 9.75 Å². The predicted molar refractivity (Wildman–Crippen MR) is 91.2 cm³/mol.